The summed E-state index contributed by atoms with van der Waals surface area (Å²) in [5, 5.41) is 3.34. The highest BCUT2D eigenvalue weighted by atomic mass is 79.9. The highest BCUT2D eigenvalue weighted by Gasteiger charge is 2.18. The van der Waals surface area contributed by atoms with Crippen LogP contribution in [0.5, 0.6) is 0 Å². The fourth-order valence-corrected chi connectivity index (χ4v) is 2.25. The van der Waals surface area contributed by atoms with Crippen molar-refractivity contribution in [1.29, 1.82) is 0 Å². The summed E-state index contributed by atoms with van der Waals surface area (Å²) in [4.78, 5) is 0. The smallest absolute Gasteiger partial charge is 0.123 e. The normalized spacial score (nSPS) is 20.6. The zero-order valence-electron chi connectivity index (χ0n) is 7.59. The van der Waals surface area contributed by atoms with Crippen molar-refractivity contribution in [3.8, 4) is 0 Å². The van der Waals surface area contributed by atoms with Crippen molar-refractivity contribution in [1.82, 2.24) is 5.32 Å². The van der Waals surface area contributed by atoms with Gasteiger partial charge in [0.2, 0.25) is 0 Å². The van der Waals surface area contributed by atoms with Crippen LogP contribution in [0.25, 0.3) is 0 Å². The summed E-state index contributed by atoms with van der Waals surface area (Å²) in [7, 11) is 0. The van der Waals surface area contributed by atoms with E-state index in [1.165, 1.54) is 12.5 Å². The second kappa shape index (κ2) is 5.10. The molecule has 1 aliphatic heterocycles. The molecule has 0 aromatic heterocycles. The Balaban J connectivity index is 0.000000980. The van der Waals surface area contributed by atoms with E-state index in [1.807, 2.05) is 0 Å². The topological polar surface area (TPSA) is 12.0 Å². The molecular weight excluding hydrogens is 268 g/mol. The molecule has 1 N–H and O–H groups in total. The van der Waals surface area contributed by atoms with Crippen LogP contribution in [0, 0.1) is 5.82 Å². The number of hydrogen-bond donors (Lipinski definition) is 1. The molecule has 1 nitrogen and oxygen atoms in total. The van der Waals surface area contributed by atoms with Gasteiger partial charge < -0.3 is 5.32 Å². The number of hydrogen-bond acceptors (Lipinski definition) is 1. The molecule has 0 saturated carbocycles. The molecule has 0 amide bonds. The van der Waals surface area contributed by atoms with Crippen LogP contribution in [-0.4, -0.2) is 6.54 Å². The minimum atomic E-state index is -0.160. The molecule has 0 bridgehead atoms. The Hall–Kier alpha value is -0.120. The number of rotatable bonds is 1. The average Bonchev–Trinajstić information content (AvgIpc) is 2.61. The van der Waals surface area contributed by atoms with Crippen molar-refractivity contribution < 1.29 is 4.39 Å². The van der Waals surface area contributed by atoms with Gasteiger partial charge in [-0.3, -0.25) is 0 Å². The maximum atomic E-state index is 13.0. The summed E-state index contributed by atoms with van der Waals surface area (Å²) in [6, 6.07) is 5.17. The van der Waals surface area contributed by atoms with Gasteiger partial charge in [0, 0.05) is 10.5 Å². The van der Waals surface area contributed by atoms with Gasteiger partial charge in [-0.25, -0.2) is 4.39 Å². The molecular formula is C10H12BrClFN. The molecule has 0 radical (unpaired) electrons. The molecule has 4 heteroatoms. The minimum Gasteiger partial charge on any atom is -0.310 e. The molecule has 2 rings (SSSR count). The Labute approximate surface area is 97.6 Å². The van der Waals surface area contributed by atoms with Crippen molar-refractivity contribution in [2.24, 2.45) is 0 Å². The van der Waals surface area contributed by atoms with Gasteiger partial charge in [-0.1, -0.05) is 15.9 Å². The van der Waals surface area contributed by atoms with E-state index in [4.69, 9.17) is 0 Å². The van der Waals surface area contributed by atoms with Crippen molar-refractivity contribution in [2.45, 2.75) is 18.9 Å². The fraction of sp³-hybridized carbons (Fsp3) is 0.400. The summed E-state index contributed by atoms with van der Waals surface area (Å²) in [6.45, 7) is 1.04. The molecule has 1 atom stereocenters. The maximum Gasteiger partial charge on any atom is 0.123 e. The zero-order chi connectivity index (χ0) is 9.26. The summed E-state index contributed by atoms with van der Waals surface area (Å²) >= 11 is 3.43. The molecule has 1 aromatic rings. The largest absolute Gasteiger partial charge is 0.310 e. The monoisotopic (exact) mass is 279 g/mol. The van der Waals surface area contributed by atoms with Crippen LogP contribution in [0.1, 0.15) is 24.4 Å². The predicted octanol–water partition coefficient (Wildman–Crippen LogP) is 3.43. The summed E-state index contributed by atoms with van der Waals surface area (Å²) in [5.41, 5.74) is 1.04. The average molecular weight is 281 g/mol. The van der Waals surface area contributed by atoms with Crippen LogP contribution in [0.15, 0.2) is 22.7 Å². The Morgan fingerprint density at radius 1 is 1.43 bits per heavy atom. The summed E-state index contributed by atoms with van der Waals surface area (Å²) in [6.07, 6.45) is 2.27. The van der Waals surface area contributed by atoms with Crippen LogP contribution in [-0.2, 0) is 0 Å². The van der Waals surface area contributed by atoms with E-state index in [0.29, 0.717) is 6.04 Å². The van der Waals surface area contributed by atoms with E-state index in [-0.39, 0.29) is 18.2 Å². The predicted molar refractivity (Wildman–Crippen MR) is 61.3 cm³/mol. The summed E-state index contributed by atoms with van der Waals surface area (Å²) < 4.78 is 13.9. The van der Waals surface area contributed by atoms with Crippen molar-refractivity contribution in [3.05, 3.63) is 34.1 Å². The highest BCUT2D eigenvalue weighted by Crippen LogP contribution is 2.29. The van der Waals surface area contributed by atoms with Gasteiger partial charge in [-0.2, -0.15) is 0 Å². The maximum absolute atomic E-state index is 13.0. The van der Waals surface area contributed by atoms with E-state index >= 15 is 0 Å². The van der Waals surface area contributed by atoms with Crippen LogP contribution in [0.2, 0.25) is 0 Å². The first-order chi connectivity index (χ1) is 6.27. The van der Waals surface area contributed by atoms with Crippen molar-refractivity contribution in [3.63, 3.8) is 0 Å². The van der Waals surface area contributed by atoms with Gasteiger partial charge >= 0.3 is 0 Å². The fourth-order valence-electron chi connectivity index (χ4n) is 1.73. The Morgan fingerprint density at radius 3 is 2.86 bits per heavy atom. The Bertz CT molecular complexity index is 313. The van der Waals surface area contributed by atoms with E-state index in [9.17, 15) is 4.39 Å². The Morgan fingerprint density at radius 2 is 2.21 bits per heavy atom. The molecule has 1 aromatic carbocycles. The molecule has 0 spiro atoms. The standard InChI is InChI=1S/C10H11BrFN.ClH/c11-9-4-3-7(12)6-8(9)10-2-1-5-13-10;/h3-4,6,10,13H,1-2,5H2;1H. The second-order valence-electron chi connectivity index (χ2n) is 3.31. The van der Waals surface area contributed by atoms with Crippen LogP contribution in [0.4, 0.5) is 4.39 Å². The number of benzene rings is 1. The number of halogens is 3. The molecule has 1 fully saturated rings. The van der Waals surface area contributed by atoms with E-state index in [1.54, 1.807) is 12.1 Å². The Kier molecular flexibility index (Phi) is 4.35. The first-order valence-electron chi connectivity index (χ1n) is 4.46. The van der Waals surface area contributed by atoms with Crippen LogP contribution in [0.3, 0.4) is 0 Å². The lowest BCUT2D eigenvalue weighted by Gasteiger charge is -2.12. The third kappa shape index (κ3) is 2.47. The molecule has 1 unspecified atom stereocenters. The quantitative estimate of drug-likeness (QED) is 0.831. The summed E-state index contributed by atoms with van der Waals surface area (Å²) in [5.74, 6) is -0.160. The molecule has 14 heavy (non-hydrogen) atoms. The SMILES string of the molecule is Cl.Fc1ccc(Br)c(C2CCCN2)c1. The lowest BCUT2D eigenvalue weighted by molar-refractivity contribution is 0.605. The third-order valence-corrected chi connectivity index (χ3v) is 3.12. The minimum absolute atomic E-state index is 0. The lowest BCUT2D eigenvalue weighted by atomic mass is 10.1. The lowest BCUT2D eigenvalue weighted by Crippen LogP contribution is -2.13. The van der Waals surface area contributed by atoms with Gasteiger partial charge in [-0.05, 0) is 43.1 Å². The van der Waals surface area contributed by atoms with Crippen molar-refractivity contribution in [2.75, 3.05) is 6.54 Å². The second-order valence-corrected chi connectivity index (χ2v) is 4.17. The van der Waals surface area contributed by atoms with E-state index in [2.05, 4.69) is 21.2 Å². The number of nitrogens with one attached hydrogen (secondary N) is 1. The van der Waals surface area contributed by atoms with Gasteiger partial charge in [0.1, 0.15) is 5.82 Å². The van der Waals surface area contributed by atoms with Crippen LogP contribution >= 0.6 is 28.3 Å². The van der Waals surface area contributed by atoms with Gasteiger partial charge in [0.15, 0.2) is 0 Å². The third-order valence-electron chi connectivity index (χ3n) is 2.39. The zero-order valence-corrected chi connectivity index (χ0v) is 10.00. The highest BCUT2D eigenvalue weighted by molar-refractivity contribution is 9.10. The van der Waals surface area contributed by atoms with Gasteiger partial charge in [0.25, 0.3) is 0 Å². The molecule has 0 aliphatic carbocycles. The molecule has 1 aliphatic rings. The first-order valence-corrected chi connectivity index (χ1v) is 5.25. The van der Waals surface area contributed by atoms with Crippen LogP contribution < -0.4 is 5.32 Å². The van der Waals surface area contributed by atoms with Gasteiger partial charge in [-0.15, -0.1) is 12.4 Å². The van der Waals surface area contributed by atoms with Gasteiger partial charge in [0.05, 0.1) is 0 Å². The van der Waals surface area contributed by atoms with E-state index in [0.717, 1.165) is 23.0 Å². The molecule has 78 valence electrons. The van der Waals surface area contributed by atoms with E-state index < -0.39 is 0 Å². The first kappa shape index (κ1) is 12.0. The molecule has 1 saturated heterocycles. The molecule has 1 heterocycles. The van der Waals surface area contributed by atoms with Crippen molar-refractivity contribution >= 4 is 28.3 Å².